The van der Waals surface area contributed by atoms with Crippen LogP contribution in [0.15, 0.2) is 34.3 Å². The van der Waals surface area contributed by atoms with Crippen molar-refractivity contribution >= 4 is 23.7 Å². The van der Waals surface area contributed by atoms with Gasteiger partial charge in [0.05, 0.1) is 18.4 Å². The molecule has 2 aromatic rings. The van der Waals surface area contributed by atoms with Crippen LogP contribution in [0.5, 0.6) is 5.75 Å². The molecular formula is C35H46F2N4O8. The minimum absolute atomic E-state index is 0. The van der Waals surface area contributed by atoms with Crippen LogP contribution in [0.1, 0.15) is 113 Å². The summed E-state index contributed by atoms with van der Waals surface area (Å²) >= 11 is 0. The van der Waals surface area contributed by atoms with E-state index in [0.29, 0.717) is 37.7 Å². The van der Waals surface area contributed by atoms with E-state index >= 15 is 0 Å². The van der Waals surface area contributed by atoms with Crippen molar-refractivity contribution in [1.82, 2.24) is 14.8 Å². The van der Waals surface area contributed by atoms with Gasteiger partial charge >= 0.3 is 6.16 Å². The van der Waals surface area contributed by atoms with Gasteiger partial charge in [0.25, 0.3) is 11.8 Å². The molecule has 1 saturated heterocycles. The second-order valence-corrected chi connectivity index (χ2v) is 13.5. The van der Waals surface area contributed by atoms with E-state index in [1.54, 1.807) is 4.90 Å². The Bertz CT molecular complexity index is 1670. The fourth-order valence-electron chi connectivity index (χ4n) is 6.68. The van der Waals surface area contributed by atoms with E-state index in [1.807, 2.05) is 13.8 Å². The molecule has 3 aliphatic heterocycles. The van der Waals surface area contributed by atoms with Crippen LogP contribution < -0.4 is 15.5 Å². The third-order valence-electron chi connectivity index (χ3n) is 9.40. The third-order valence-corrected chi connectivity index (χ3v) is 9.40. The molecule has 0 aliphatic carbocycles. The summed E-state index contributed by atoms with van der Waals surface area (Å²) in [4.78, 5) is 61.4. The Morgan fingerprint density at radius 1 is 1.16 bits per heavy atom. The fraction of sp³-hybridized carbons (Fsp3) is 0.571. The smallest absolute Gasteiger partial charge is 0.451 e. The normalized spacial score (nSPS) is 21.2. The molecule has 268 valence electrons. The fourth-order valence-corrected chi connectivity index (χ4v) is 6.68. The summed E-state index contributed by atoms with van der Waals surface area (Å²) in [6.45, 7) is 7.36. The Morgan fingerprint density at radius 3 is 2.65 bits per heavy atom. The number of carbonyl (C=O) groups is 3. The van der Waals surface area contributed by atoms with Crippen molar-refractivity contribution in [2.45, 2.75) is 103 Å². The summed E-state index contributed by atoms with van der Waals surface area (Å²) < 4.78 is 45.2. The molecule has 3 atom stereocenters. The van der Waals surface area contributed by atoms with Crippen LogP contribution in [0.4, 0.5) is 13.6 Å². The maximum absolute atomic E-state index is 14.3. The minimum atomic E-state index is -1.00. The number of halogens is 2. The van der Waals surface area contributed by atoms with Gasteiger partial charge in [-0.2, -0.15) is 0 Å². The van der Waals surface area contributed by atoms with Gasteiger partial charge in [0.1, 0.15) is 17.2 Å². The largest absolute Gasteiger partial charge is 0.511 e. The average Bonchev–Trinajstić information content (AvgIpc) is 3.38. The first-order valence-electron chi connectivity index (χ1n) is 16.9. The van der Waals surface area contributed by atoms with E-state index in [1.165, 1.54) is 16.8 Å². The molecule has 4 heterocycles. The van der Waals surface area contributed by atoms with Crippen LogP contribution in [0.25, 0.3) is 0 Å². The summed E-state index contributed by atoms with van der Waals surface area (Å²) in [6.07, 6.45) is 6.72. The van der Waals surface area contributed by atoms with Crippen LogP contribution in [0, 0.1) is 17.6 Å². The Labute approximate surface area is 285 Å². The number of amides is 2. The number of fused-ring (bicyclic) bond motifs is 5. The number of ether oxygens (including phenoxy) is 3. The van der Waals surface area contributed by atoms with Gasteiger partial charge in [-0.25, -0.2) is 13.6 Å². The second kappa shape index (κ2) is 15.4. The molecular weight excluding hydrogens is 642 g/mol. The number of pyridine rings is 1. The highest BCUT2D eigenvalue weighted by atomic mass is 19.1. The maximum Gasteiger partial charge on any atom is 0.511 e. The number of carbonyl (C=O) groups excluding carboxylic acids is 3. The van der Waals surface area contributed by atoms with Gasteiger partial charge < -0.3 is 33.8 Å². The highest BCUT2D eigenvalue weighted by Crippen LogP contribution is 2.46. The lowest BCUT2D eigenvalue weighted by Crippen LogP contribution is -2.52. The summed E-state index contributed by atoms with van der Waals surface area (Å²) in [7, 11) is 0. The van der Waals surface area contributed by atoms with Crippen molar-refractivity contribution in [2.24, 2.45) is 11.1 Å². The molecule has 12 nitrogen and oxygen atoms in total. The molecule has 3 aliphatic rings. The zero-order valence-electron chi connectivity index (χ0n) is 28.4. The standard InChI is InChI=1S/C35H44F2N4O8.H2/c1-21(2)9-7-5-6-8-14-46-34(45)48-20-47-31-29-33(44)40-19-28(35(13-12-23(40)4)16-22(3)39-49-35)41(29)18-26(30(31)42)32(43)38-17-24-10-11-25(36)15-27(24)37;/h10-11,15,18,21,23,28H,5-9,12-14,16-17,19-20H2,1-4H3,(H,38,43);1H/t23-,28+,35-;/m0./s1. The molecule has 1 N–H and O–H groups in total. The molecule has 0 unspecified atom stereocenters. The summed E-state index contributed by atoms with van der Waals surface area (Å²) in [6, 6.07) is 2.16. The number of oxime groups is 1. The Morgan fingerprint density at radius 2 is 1.94 bits per heavy atom. The van der Waals surface area contributed by atoms with E-state index in [4.69, 9.17) is 19.0 Å². The molecule has 1 fully saturated rings. The lowest BCUT2D eigenvalue weighted by Gasteiger charge is -2.42. The van der Waals surface area contributed by atoms with E-state index in [0.717, 1.165) is 37.5 Å². The Balaban J connectivity index is 0.00000562. The van der Waals surface area contributed by atoms with Gasteiger partial charge in [-0.3, -0.25) is 14.4 Å². The van der Waals surface area contributed by atoms with Crippen LogP contribution in [-0.4, -0.2) is 64.7 Å². The summed E-state index contributed by atoms with van der Waals surface area (Å²) in [5, 5.41) is 6.71. The molecule has 2 bridgehead atoms. The van der Waals surface area contributed by atoms with Gasteiger partial charge in [-0.1, -0.05) is 50.8 Å². The predicted molar refractivity (Wildman–Crippen MR) is 177 cm³/mol. The average molecular weight is 689 g/mol. The predicted octanol–water partition coefficient (Wildman–Crippen LogP) is 6.11. The van der Waals surface area contributed by atoms with Crippen LogP contribution >= 0.6 is 0 Å². The quantitative estimate of drug-likeness (QED) is 0.151. The van der Waals surface area contributed by atoms with Crippen molar-refractivity contribution < 1.29 is 43.6 Å². The van der Waals surface area contributed by atoms with Crippen molar-refractivity contribution in [3.63, 3.8) is 0 Å². The molecule has 1 aromatic heterocycles. The monoisotopic (exact) mass is 688 g/mol. The molecule has 49 heavy (non-hydrogen) atoms. The number of unbranched alkanes of at least 4 members (excludes halogenated alkanes) is 3. The SMILES string of the molecule is CC1=NO[C@@]2(CC[C@H](C)N3C[C@H]2n2cc(C(=O)NCc4ccc(F)cc4F)c(=O)c(OCOC(=O)OCCCCCCC(C)C)c2C3=O)C1.[HH]. The number of nitrogens with zero attached hydrogens (tertiary/aromatic N) is 3. The van der Waals surface area contributed by atoms with Gasteiger partial charge in [-0.05, 0) is 45.1 Å². The van der Waals surface area contributed by atoms with E-state index < -0.39 is 64.8 Å². The third kappa shape index (κ3) is 8.05. The van der Waals surface area contributed by atoms with Gasteiger partial charge in [0.2, 0.25) is 18.0 Å². The van der Waals surface area contributed by atoms with Crippen LogP contribution in [-0.2, 0) is 20.9 Å². The summed E-state index contributed by atoms with van der Waals surface area (Å²) in [5.41, 5.74) is -1.56. The topological polar surface area (TPSA) is 138 Å². The highest BCUT2D eigenvalue weighted by molar-refractivity contribution is 5.99. The molecule has 1 aromatic carbocycles. The number of aromatic nitrogens is 1. The van der Waals surface area contributed by atoms with Crippen molar-refractivity contribution in [3.05, 3.63) is 63.1 Å². The molecule has 1 spiro atoms. The Kier molecular flexibility index (Phi) is 11.2. The molecule has 0 saturated carbocycles. The number of rotatable bonds is 13. The molecule has 14 heteroatoms. The van der Waals surface area contributed by atoms with E-state index in [-0.39, 0.29) is 38.4 Å². The second-order valence-electron chi connectivity index (χ2n) is 13.5. The molecule has 5 rings (SSSR count). The Hall–Kier alpha value is -4.49. The van der Waals surface area contributed by atoms with Crippen molar-refractivity contribution in [3.8, 4) is 5.75 Å². The minimum Gasteiger partial charge on any atom is -0.451 e. The first-order valence-corrected chi connectivity index (χ1v) is 16.9. The number of benzene rings is 1. The lowest BCUT2D eigenvalue weighted by atomic mass is 9.84. The van der Waals surface area contributed by atoms with Gasteiger partial charge in [0.15, 0.2) is 11.3 Å². The molecule has 2 amide bonds. The van der Waals surface area contributed by atoms with Crippen molar-refractivity contribution in [1.29, 1.82) is 0 Å². The van der Waals surface area contributed by atoms with Gasteiger partial charge in [-0.15, -0.1) is 0 Å². The number of hydrogen-bond acceptors (Lipinski definition) is 9. The number of hydrogen-bond donors (Lipinski definition) is 1. The highest BCUT2D eigenvalue weighted by Gasteiger charge is 2.54. The summed E-state index contributed by atoms with van der Waals surface area (Å²) in [5.74, 6) is -2.86. The van der Waals surface area contributed by atoms with Crippen molar-refractivity contribution in [2.75, 3.05) is 19.9 Å². The lowest BCUT2D eigenvalue weighted by molar-refractivity contribution is -0.0658. The first-order chi connectivity index (χ1) is 23.4. The van der Waals surface area contributed by atoms with Crippen LogP contribution in [0.2, 0.25) is 0 Å². The zero-order chi connectivity index (χ0) is 35.3. The maximum atomic E-state index is 14.3. The van der Waals surface area contributed by atoms with Crippen LogP contribution in [0.3, 0.4) is 0 Å². The zero-order valence-corrected chi connectivity index (χ0v) is 28.4. The first kappa shape index (κ1) is 35.8. The van der Waals surface area contributed by atoms with E-state index in [9.17, 15) is 28.0 Å². The van der Waals surface area contributed by atoms with E-state index in [2.05, 4.69) is 24.3 Å². The van der Waals surface area contributed by atoms with Gasteiger partial charge in [0, 0.05) is 44.8 Å². The number of nitrogens with one attached hydrogen (secondary N) is 1. The molecule has 0 radical (unpaired) electrons.